The molecule has 1 N–H and O–H groups in total. The minimum absolute atomic E-state index is 0.0420. The fourth-order valence-electron chi connectivity index (χ4n) is 2.57. The zero-order chi connectivity index (χ0) is 24.8. The summed E-state index contributed by atoms with van der Waals surface area (Å²) in [5.41, 5.74) is 3.48. The van der Waals surface area contributed by atoms with Crippen LogP contribution in [0.4, 0.5) is 0 Å². The Morgan fingerprint density at radius 3 is 1.78 bits per heavy atom. The molecule has 0 aliphatic heterocycles. The second kappa shape index (κ2) is 22.1. The Hall–Kier alpha value is -2.15. The van der Waals surface area contributed by atoms with Crippen molar-refractivity contribution < 1.29 is 41.9 Å². The van der Waals surface area contributed by atoms with Crippen LogP contribution in [0, 0.1) is 0 Å². The fourth-order valence-corrected chi connectivity index (χ4v) is 2.57. The molecule has 0 radical (unpaired) electrons. The summed E-state index contributed by atoms with van der Waals surface area (Å²) in [6, 6.07) is 11.1. The Morgan fingerprint density at radius 2 is 1.38 bits per heavy atom. The van der Waals surface area contributed by atoms with Crippen molar-refractivity contribution in [3.05, 3.63) is 84.0 Å². The van der Waals surface area contributed by atoms with Gasteiger partial charge in [0, 0.05) is 16.7 Å². The molecule has 177 valence electrons. The number of aliphatic hydroxyl groups excluding tert-OH is 1. The summed E-state index contributed by atoms with van der Waals surface area (Å²) in [7, 11) is 3.22. The summed E-state index contributed by atoms with van der Waals surface area (Å²) < 4.78 is 27.1. The van der Waals surface area contributed by atoms with E-state index in [1.54, 1.807) is 38.5 Å². The van der Waals surface area contributed by atoms with Crippen LogP contribution in [0.1, 0.15) is 27.0 Å². The first kappa shape index (κ1) is 32.0. The van der Waals surface area contributed by atoms with Crippen molar-refractivity contribution in [3.8, 4) is 11.5 Å². The zero-order valence-electron chi connectivity index (χ0n) is 18.1. The quantitative estimate of drug-likeness (QED) is 0.217. The summed E-state index contributed by atoms with van der Waals surface area (Å²) in [5.74, 6) is 1.55. The van der Waals surface area contributed by atoms with E-state index in [9.17, 15) is 4.79 Å². The molecule has 0 bridgehead atoms. The van der Waals surface area contributed by atoms with E-state index in [0.29, 0.717) is 12.0 Å². The Bertz CT molecular complexity index is 830. The number of methoxy groups -OCH3 is 2. The molecule has 0 heterocycles. The molecule has 2 aromatic rings. The van der Waals surface area contributed by atoms with E-state index < -0.39 is 14.8 Å². The van der Waals surface area contributed by atoms with Gasteiger partial charge in [-0.25, -0.2) is 0 Å². The number of rotatable bonds is 8. The van der Waals surface area contributed by atoms with Crippen molar-refractivity contribution in [2.45, 2.75) is 19.4 Å². The second-order valence-corrected chi connectivity index (χ2v) is 6.56. The molecule has 9 heteroatoms. The van der Waals surface area contributed by atoms with Crippen LogP contribution in [-0.2, 0) is 41.9 Å². The normalized spacial score (nSPS) is 8.66. The van der Waals surface area contributed by atoms with Crippen molar-refractivity contribution in [2.75, 3.05) is 19.6 Å². The standard InChI is InChI=1S/C11H14O2.C11H12O2.CH2Cl2.Mn.2O/c2*1-3-5-10-9(8-12)6-4-7-11(10)13-2;2-1-3;;;/h3-4,6-7,12H,1,5,8H2,2H3;3-4,6-8H,1,5H2,2H3;1H2;;;. The topological polar surface area (TPSA) is 89.9 Å². The van der Waals surface area contributed by atoms with E-state index in [1.165, 1.54) is 0 Å². The number of halogens is 2. The van der Waals surface area contributed by atoms with Gasteiger partial charge in [0.1, 0.15) is 17.8 Å². The van der Waals surface area contributed by atoms with Gasteiger partial charge >= 0.3 is 22.5 Å². The number of hydrogen-bond acceptors (Lipinski definition) is 6. The van der Waals surface area contributed by atoms with Crippen LogP contribution >= 0.6 is 23.2 Å². The van der Waals surface area contributed by atoms with Gasteiger partial charge in [0.2, 0.25) is 0 Å². The number of alkyl halides is 2. The van der Waals surface area contributed by atoms with Crippen molar-refractivity contribution in [3.63, 3.8) is 0 Å². The van der Waals surface area contributed by atoms with Gasteiger partial charge in [-0.15, -0.1) is 36.4 Å². The van der Waals surface area contributed by atoms with Crippen LogP contribution in [0.2, 0.25) is 0 Å². The number of benzene rings is 2. The molecule has 0 fully saturated rings. The Balaban J connectivity index is 0. The molecule has 6 nitrogen and oxygen atoms in total. The van der Waals surface area contributed by atoms with Crippen LogP contribution in [0.5, 0.6) is 11.5 Å². The molecule has 0 aromatic heterocycles. The molecule has 0 aliphatic rings. The van der Waals surface area contributed by atoms with E-state index in [-0.39, 0.29) is 11.9 Å². The molecular weight excluding hydrogens is 498 g/mol. The first-order valence-electron chi connectivity index (χ1n) is 9.09. The fraction of sp³-hybridized carbons (Fsp3) is 0.261. The Labute approximate surface area is 205 Å². The van der Waals surface area contributed by atoms with Gasteiger partial charge in [-0.3, -0.25) is 4.79 Å². The van der Waals surface area contributed by atoms with Crippen molar-refractivity contribution in [1.82, 2.24) is 0 Å². The number of hydrogen-bond donors (Lipinski definition) is 1. The van der Waals surface area contributed by atoms with E-state index in [0.717, 1.165) is 40.9 Å². The molecule has 0 unspecified atom stereocenters. The maximum atomic E-state index is 10.7. The number of carbonyl (C=O) groups is 1. The molecule has 2 rings (SSSR count). The third-order valence-corrected chi connectivity index (χ3v) is 3.83. The summed E-state index contributed by atoms with van der Waals surface area (Å²) in [4.78, 5) is 10.7. The average Bonchev–Trinajstić information content (AvgIpc) is 2.81. The summed E-state index contributed by atoms with van der Waals surface area (Å²) >= 11 is 8.09. The van der Waals surface area contributed by atoms with Crippen molar-refractivity contribution in [2.24, 2.45) is 0 Å². The third kappa shape index (κ3) is 12.6. The first-order valence-corrected chi connectivity index (χ1v) is 11.1. The van der Waals surface area contributed by atoms with Gasteiger partial charge in [-0.05, 0) is 30.5 Å². The zero-order valence-corrected chi connectivity index (χ0v) is 20.8. The molecule has 0 spiro atoms. The maximum absolute atomic E-state index is 10.7. The monoisotopic (exact) mass is 525 g/mol. The van der Waals surface area contributed by atoms with Crippen LogP contribution in [0.3, 0.4) is 0 Å². The molecule has 0 aliphatic carbocycles. The van der Waals surface area contributed by atoms with Gasteiger partial charge in [0.25, 0.3) is 0 Å². The van der Waals surface area contributed by atoms with E-state index in [1.807, 2.05) is 24.3 Å². The van der Waals surface area contributed by atoms with Crippen molar-refractivity contribution in [1.29, 1.82) is 0 Å². The number of ether oxygens (including phenoxy) is 2. The first-order chi connectivity index (χ1) is 15.5. The van der Waals surface area contributed by atoms with Gasteiger partial charge in [-0.1, -0.05) is 36.4 Å². The summed E-state index contributed by atoms with van der Waals surface area (Å²) in [6.07, 6.45) is 5.77. The molecule has 2 aromatic carbocycles. The predicted octanol–water partition coefficient (Wildman–Crippen LogP) is 5.33. The number of aldehydes is 1. The number of aliphatic hydroxyl groups is 1. The SMILES string of the molecule is C=CCc1c(C=O)cccc1OC.C=CCc1c(CO)cccc1OC.ClCCl.[O]=[Mn]=[O]. The Kier molecular flexibility index (Phi) is 22.1. The van der Waals surface area contributed by atoms with Gasteiger partial charge in [0.15, 0.2) is 0 Å². The molecule has 0 saturated carbocycles. The van der Waals surface area contributed by atoms with Crippen LogP contribution in [0.15, 0.2) is 61.7 Å². The average molecular weight is 526 g/mol. The van der Waals surface area contributed by atoms with E-state index >= 15 is 0 Å². The number of carbonyl (C=O) groups excluding carboxylic acids is 1. The Morgan fingerprint density at radius 1 is 0.938 bits per heavy atom. The van der Waals surface area contributed by atoms with Crippen LogP contribution < -0.4 is 9.47 Å². The van der Waals surface area contributed by atoms with Gasteiger partial charge in [-0.2, -0.15) is 0 Å². The van der Waals surface area contributed by atoms with Crippen LogP contribution in [0.25, 0.3) is 0 Å². The molecule has 0 amide bonds. The minimum atomic E-state index is -1.44. The van der Waals surface area contributed by atoms with Crippen LogP contribution in [-0.4, -0.2) is 31.0 Å². The molecule has 0 atom stereocenters. The van der Waals surface area contributed by atoms with E-state index in [2.05, 4.69) is 13.2 Å². The summed E-state index contributed by atoms with van der Waals surface area (Å²) in [5, 5.41) is 9.27. The second-order valence-electron chi connectivity index (χ2n) is 5.55. The van der Waals surface area contributed by atoms with Crippen molar-refractivity contribution >= 4 is 29.5 Å². The van der Waals surface area contributed by atoms with E-state index in [4.69, 9.17) is 45.5 Å². The molecular formula is C23H28Cl2MnO6. The molecule has 0 saturated heterocycles. The van der Waals surface area contributed by atoms with Gasteiger partial charge < -0.3 is 14.6 Å². The number of allylic oxidation sites excluding steroid dienone is 2. The summed E-state index contributed by atoms with van der Waals surface area (Å²) in [6.45, 7) is 7.35. The van der Waals surface area contributed by atoms with Gasteiger partial charge in [0.05, 0.1) is 26.2 Å². The third-order valence-electron chi connectivity index (χ3n) is 3.83. The molecule has 32 heavy (non-hydrogen) atoms. The predicted molar refractivity (Wildman–Crippen MR) is 123 cm³/mol.